The molecule has 0 bridgehead atoms. The van der Waals surface area contributed by atoms with Crippen LogP contribution in [0.3, 0.4) is 0 Å². The minimum Gasteiger partial charge on any atom is -0.426 e. The molecule has 0 fully saturated rings. The van der Waals surface area contributed by atoms with Crippen molar-refractivity contribution < 1.29 is 9.53 Å². The summed E-state index contributed by atoms with van der Waals surface area (Å²) in [6.07, 6.45) is 0. The standard InChI is InChI=1S/C25H26IO2S/c1-18(26)24(27)28-20-12-16-23(17-13-20)29(21-8-6-5-7-9-21)22-14-10-19(11-15-22)25(2,3)4/h5-18H,1-4H3/q+1. The van der Waals surface area contributed by atoms with Gasteiger partial charge in [0, 0.05) is 0 Å². The third-order valence-corrected chi connectivity index (χ3v) is 7.28. The van der Waals surface area contributed by atoms with Crippen molar-refractivity contribution in [1.82, 2.24) is 0 Å². The molecular weight excluding hydrogens is 491 g/mol. The Balaban J connectivity index is 1.96. The van der Waals surface area contributed by atoms with E-state index < -0.39 is 0 Å². The summed E-state index contributed by atoms with van der Waals surface area (Å²) in [5, 5.41) is 0. The van der Waals surface area contributed by atoms with Crippen molar-refractivity contribution in [3.05, 3.63) is 84.4 Å². The van der Waals surface area contributed by atoms with E-state index in [2.05, 4.69) is 104 Å². The molecule has 150 valence electrons. The van der Waals surface area contributed by atoms with Crippen LogP contribution in [-0.4, -0.2) is 9.89 Å². The molecule has 2 atom stereocenters. The summed E-state index contributed by atoms with van der Waals surface area (Å²) in [5.74, 6) is 0.361. The van der Waals surface area contributed by atoms with Crippen molar-refractivity contribution >= 4 is 39.5 Å². The maximum Gasteiger partial charge on any atom is 0.323 e. The normalized spacial score (nSPS) is 13.6. The summed E-state index contributed by atoms with van der Waals surface area (Å²) >= 11 is 2.06. The second-order valence-corrected chi connectivity index (χ2v) is 11.8. The number of benzene rings is 3. The van der Waals surface area contributed by atoms with E-state index in [4.69, 9.17) is 4.74 Å². The van der Waals surface area contributed by atoms with Gasteiger partial charge in [-0.05, 0) is 66.4 Å². The van der Waals surface area contributed by atoms with Crippen LogP contribution >= 0.6 is 22.6 Å². The maximum atomic E-state index is 11.9. The molecule has 3 aromatic carbocycles. The van der Waals surface area contributed by atoms with Crippen LogP contribution in [0.2, 0.25) is 0 Å². The van der Waals surface area contributed by atoms with Crippen LogP contribution in [0.15, 0.2) is 93.5 Å². The first-order chi connectivity index (χ1) is 13.8. The van der Waals surface area contributed by atoms with Crippen LogP contribution in [0.5, 0.6) is 5.75 Å². The van der Waals surface area contributed by atoms with Gasteiger partial charge in [0.15, 0.2) is 14.7 Å². The number of hydrogen-bond donors (Lipinski definition) is 0. The quantitative estimate of drug-likeness (QED) is 0.122. The van der Waals surface area contributed by atoms with E-state index in [0.717, 1.165) is 0 Å². The third kappa shape index (κ3) is 5.64. The van der Waals surface area contributed by atoms with Gasteiger partial charge in [0.25, 0.3) is 0 Å². The van der Waals surface area contributed by atoms with E-state index in [-0.39, 0.29) is 26.2 Å². The average molecular weight is 517 g/mol. The average Bonchev–Trinajstić information content (AvgIpc) is 2.70. The molecule has 3 aromatic rings. The molecule has 0 aliphatic heterocycles. The van der Waals surface area contributed by atoms with Crippen molar-refractivity contribution in [2.75, 3.05) is 0 Å². The van der Waals surface area contributed by atoms with Gasteiger partial charge in [-0.1, -0.05) is 73.7 Å². The highest BCUT2D eigenvalue weighted by molar-refractivity contribution is 14.1. The Morgan fingerprint density at radius 3 is 1.79 bits per heavy atom. The Kier molecular flexibility index (Phi) is 7.06. The molecule has 0 saturated heterocycles. The van der Waals surface area contributed by atoms with Crippen molar-refractivity contribution in [1.29, 1.82) is 0 Å². The SMILES string of the molecule is CC(I)C(=O)Oc1ccc([S+](c2ccccc2)c2ccc(C(C)(C)C)cc2)cc1. The van der Waals surface area contributed by atoms with Gasteiger partial charge in [0.05, 0.1) is 10.9 Å². The van der Waals surface area contributed by atoms with Crippen LogP contribution in [-0.2, 0) is 21.1 Å². The molecule has 2 unspecified atom stereocenters. The summed E-state index contributed by atoms with van der Waals surface area (Å²) < 4.78 is 5.26. The van der Waals surface area contributed by atoms with Gasteiger partial charge >= 0.3 is 5.97 Å². The molecule has 3 rings (SSSR count). The zero-order chi connectivity index (χ0) is 21.0. The summed E-state index contributed by atoms with van der Waals surface area (Å²) in [4.78, 5) is 15.6. The Labute approximate surface area is 190 Å². The lowest BCUT2D eigenvalue weighted by atomic mass is 9.87. The summed E-state index contributed by atoms with van der Waals surface area (Å²) in [5.41, 5.74) is 1.46. The number of esters is 1. The lowest BCUT2D eigenvalue weighted by Gasteiger charge is -2.19. The Morgan fingerprint density at radius 1 is 0.828 bits per heavy atom. The number of carbonyl (C=O) groups is 1. The van der Waals surface area contributed by atoms with Crippen LogP contribution < -0.4 is 4.74 Å². The first-order valence-corrected chi connectivity index (χ1v) is 12.1. The molecule has 0 aromatic heterocycles. The van der Waals surface area contributed by atoms with Gasteiger partial charge in [-0.15, -0.1) is 0 Å². The fraction of sp³-hybridized carbons (Fsp3) is 0.240. The number of hydrogen-bond acceptors (Lipinski definition) is 2. The number of halogens is 1. The maximum absolute atomic E-state index is 11.9. The molecule has 0 spiro atoms. The lowest BCUT2D eigenvalue weighted by Crippen LogP contribution is -2.17. The van der Waals surface area contributed by atoms with Crippen LogP contribution in [0.4, 0.5) is 0 Å². The third-order valence-electron chi connectivity index (χ3n) is 4.54. The fourth-order valence-electron chi connectivity index (χ4n) is 2.90. The minimum absolute atomic E-state index is 0.130. The molecule has 2 nitrogen and oxygen atoms in total. The minimum atomic E-state index is -0.224. The van der Waals surface area contributed by atoms with Gasteiger partial charge in [0.2, 0.25) is 0 Å². The van der Waals surface area contributed by atoms with E-state index in [1.54, 1.807) is 0 Å². The monoisotopic (exact) mass is 517 g/mol. The van der Waals surface area contributed by atoms with Crippen LogP contribution in [0.1, 0.15) is 33.3 Å². The molecular formula is C25H26IO2S+. The van der Waals surface area contributed by atoms with E-state index in [9.17, 15) is 4.79 Å². The highest BCUT2D eigenvalue weighted by Crippen LogP contribution is 2.33. The predicted octanol–water partition coefficient (Wildman–Crippen LogP) is 6.81. The molecule has 0 saturated carbocycles. The van der Waals surface area contributed by atoms with Crippen molar-refractivity contribution in [3.63, 3.8) is 0 Å². The molecule has 0 N–H and O–H groups in total. The fourth-order valence-corrected chi connectivity index (χ4v) is 5.09. The van der Waals surface area contributed by atoms with E-state index in [1.165, 1.54) is 20.2 Å². The smallest absolute Gasteiger partial charge is 0.323 e. The van der Waals surface area contributed by atoms with Gasteiger partial charge in [-0.25, -0.2) is 0 Å². The molecule has 0 aliphatic rings. The summed E-state index contributed by atoms with van der Waals surface area (Å²) in [7, 11) is -0.221. The number of carbonyl (C=O) groups excluding carboxylic acids is 1. The first kappa shape index (κ1) is 21.9. The zero-order valence-corrected chi connectivity index (χ0v) is 20.2. The molecule has 4 heteroatoms. The Bertz CT molecular complexity index is 943. The van der Waals surface area contributed by atoms with Crippen molar-refractivity contribution in [2.24, 2.45) is 0 Å². The molecule has 0 heterocycles. The van der Waals surface area contributed by atoms with Crippen molar-refractivity contribution in [3.8, 4) is 5.75 Å². The Morgan fingerprint density at radius 2 is 1.31 bits per heavy atom. The number of rotatable bonds is 5. The second kappa shape index (κ2) is 9.35. The highest BCUT2D eigenvalue weighted by atomic mass is 127. The van der Waals surface area contributed by atoms with Gasteiger partial charge in [-0.3, -0.25) is 4.79 Å². The molecule has 0 radical (unpaired) electrons. The molecule has 0 amide bonds. The predicted molar refractivity (Wildman–Crippen MR) is 129 cm³/mol. The second-order valence-electron chi connectivity index (χ2n) is 7.90. The zero-order valence-electron chi connectivity index (χ0n) is 17.2. The van der Waals surface area contributed by atoms with Gasteiger partial charge in [0.1, 0.15) is 9.67 Å². The Hall–Kier alpha value is -1.79. The van der Waals surface area contributed by atoms with Gasteiger partial charge < -0.3 is 4.74 Å². The van der Waals surface area contributed by atoms with Crippen molar-refractivity contribution in [2.45, 2.75) is 51.7 Å². The van der Waals surface area contributed by atoms with Crippen LogP contribution in [0.25, 0.3) is 0 Å². The van der Waals surface area contributed by atoms with E-state index in [0.29, 0.717) is 5.75 Å². The number of ether oxygens (including phenoxy) is 1. The van der Waals surface area contributed by atoms with Gasteiger partial charge in [-0.2, -0.15) is 0 Å². The topological polar surface area (TPSA) is 26.3 Å². The molecule has 29 heavy (non-hydrogen) atoms. The molecule has 0 aliphatic carbocycles. The summed E-state index contributed by atoms with van der Waals surface area (Å²) in [6.45, 7) is 8.52. The summed E-state index contributed by atoms with van der Waals surface area (Å²) in [6, 6.07) is 27.4. The van der Waals surface area contributed by atoms with E-state index in [1.807, 2.05) is 25.1 Å². The first-order valence-electron chi connectivity index (χ1n) is 9.61. The van der Waals surface area contributed by atoms with E-state index >= 15 is 0 Å². The van der Waals surface area contributed by atoms with Crippen LogP contribution in [0, 0.1) is 0 Å². The number of alkyl halides is 1. The highest BCUT2D eigenvalue weighted by Gasteiger charge is 2.29. The largest absolute Gasteiger partial charge is 0.426 e. The lowest BCUT2D eigenvalue weighted by molar-refractivity contribution is -0.133.